The summed E-state index contributed by atoms with van der Waals surface area (Å²) in [6, 6.07) is 11.8. The second-order valence-electron chi connectivity index (χ2n) is 5.09. The number of halogens is 1. The number of rotatable bonds is 2. The van der Waals surface area contributed by atoms with E-state index < -0.39 is 0 Å². The Bertz CT molecular complexity index is 794. The second-order valence-corrected chi connectivity index (χ2v) is 6.01. The van der Waals surface area contributed by atoms with Crippen LogP contribution in [0.15, 0.2) is 57.7 Å². The van der Waals surface area contributed by atoms with Crippen molar-refractivity contribution in [3.05, 3.63) is 69.5 Å². The lowest BCUT2D eigenvalue weighted by molar-refractivity contribution is 0.556. The summed E-state index contributed by atoms with van der Waals surface area (Å²) < 4.78 is 1.05. The maximum absolute atomic E-state index is 8.26. The molecule has 0 radical (unpaired) electrons. The molecule has 1 N–H and O–H groups in total. The maximum Gasteiger partial charge on any atom is 0.150 e. The Kier molecular flexibility index (Phi) is 3.90. The van der Waals surface area contributed by atoms with E-state index in [1.54, 1.807) is 18.3 Å². The van der Waals surface area contributed by atoms with Crippen LogP contribution in [-0.2, 0) is 0 Å². The standard InChI is InChI=1S/C17H15BrN4/c1-11-9-13(18)7-6-12(11)10-14-16(21-22(2)17(14)19)15-5-3-4-8-20-15/h3-10,19H,1-2H3. The van der Waals surface area contributed by atoms with Crippen molar-refractivity contribution in [1.82, 2.24) is 9.99 Å². The van der Waals surface area contributed by atoms with Crippen LogP contribution < -0.4 is 0 Å². The average molecular weight is 355 g/mol. The highest BCUT2D eigenvalue weighted by molar-refractivity contribution is 9.10. The molecule has 0 bridgehead atoms. The van der Waals surface area contributed by atoms with Gasteiger partial charge in [0.15, 0.2) is 5.84 Å². The monoisotopic (exact) mass is 354 g/mol. The molecule has 5 heteroatoms. The molecule has 1 aromatic carbocycles. The molecular weight excluding hydrogens is 340 g/mol. The molecule has 0 atom stereocenters. The number of aromatic nitrogens is 1. The molecule has 0 spiro atoms. The van der Waals surface area contributed by atoms with E-state index in [9.17, 15) is 0 Å². The van der Waals surface area contributed by atoms with Crippen LogP contribution in [-0.4, -0.2) is 28.6 Å². The minimum Gasteiger partial charge on any atom is -0.283 e. The van der Waals surface area contributed by atoms with Crippen LogP contribution in [0.4, 0.5) is 0 Å². The topological polar surface area (TPSA) is 52.3 Å². The summed E-state index contributed by atoms with van der Waals surface area (Å²) in [5, 5.41) is 14.3. The largest absolute Gasteiger partial charge is 0.283 e. The SMILES string of the molecule is Cc1cc(Br)ccc1C=C1C(=N)N(C)N=C1c1ccccn1. The number of nitrogens with zero attached hydrogens (tertiary/aromatic N) is 3. The Morgan fingerprint density at radius 2 is 2.05 bits per heavy atom. The lowest BCUT2D eigenvalue weighted by atomic mass is 10.0. The average Bonchev–Trinajstić information content (AvgIpc) is 2.79. The van der Waals surface area contributed by atoms with Crippen LogP contribution in [0.25, 0.3) is 6.08 Å². The summed E-state index contributed by atoms with van der Waals surface area (Å²) in [5.74, 6) is 0.378. The van der Waals surface area contributed by atoms with E-state index in [1.807, 2.05) is 36.4 Å². The van der Waals surface area contributed by atoms with E-state index in [1.165, 1.54) is 0 Å². The number of hydrogen-bond donors (Lipinski definition) is 1. The molecule has 0 aliphatic carbocycles. The van der Waals surface area contributed by atoms with E-state index in [-0.39, 0.29) is 0 Å². The third-order valence-corrected chi connectivity index (χ3v) is 4.02. The van der Waals surface area contributed by atoms with Gasteiger partial charge in [-0.15, -0.1) is 0 Å². The predicted molar refractivity (Wildman–Crippen MR) is 93.1 cm³/mol. The molecule has 1 aliphatic rings. The van der Waals surface area contributed by atoms with Crippen molar-refractivity contribution in [2.24, 2.45) is 5.10 Å². The fourth-order valence-electron chi connectivity index (χ4n) is 2.33. The smallest absolute Gasteiger partial charge is 0.150 e. The number of aryl methyl sites for hydroxylation is 1. The summed E-state index contributed by atoms with van der Waals surface area (Å²) in [5.41, 5.74) is 4.51. The summed E-state index contributed by atoms with van der Waals surface area (Å²) in [7, 11) is 1.78. The molecule has 0 fully saturated rings. The maximum atomic E-state index is 8.26. The Labute approximate surface area is 137 Å². The van der Waals surface area contributed by atoms with Crippen LogP contribution in [0.2, 0.25) is 0 Å². The lowest BCUT2D eigenvalue weighted by Gasteiger charge is -2.07. The van der Waals surface area contributed by atoms with Crippen LogP contribution in [0.5, 0.6) is 0 Å². The van der Waals surface area contributed by atoms with Crippen molar-refractivity contribution < 1.29 is 0 Å². The van der Waals surface area contributed by atoms with Gasteiger partial charge in [-0.1, -0.05) is 28.1 Å². The number of hydrazone groups is 1. The van der Waals surface area contributed by atoms with Crippen LogP contribution >= 0.6 is 15.9 Å². The third kappa shape index (κ3) is 2.72. The minimum absolute atomic E-state index is 0.378. The van der Waals surface area contributed by atoms with Gasteiger partial charge in [-0.05, 0) is 48.4 Å². The van der Waals surface area contributed by atoms with Gasteiger partial charge in [0.25, 0.3) is 0 Å². The second kappa shape index (κ2) is 5.85. The highest BCUT2D eigenvalue weighted by Crippen LogP contribution is 2.24. The number of likely N-dealkylation sites (N-methyl/N-ethyl adjacent to an activating group) is 1. The molecule has 110 valence electrons. The molecule has 2 aromatic rings. The molecule has 4 nitrogen and oxygen atoms in total. The molecular formula is C17H15BrN4. The van der Waals surface area contributed by atoms with E-state index >= 15 is 0 Å². The van der Waals surface area contributed by atoms with Crippen molar-refractivity contribution in [2.75, 3.05) is 7.05 Å². The first-order chi connectivity index (χ1) is 10.6. The van der Waals surface area contributed by atoms with Crippen molar-refractivity contribution in [2.45, 2.75) is 6.92 Å². The Morgan fingerprint density at radius 3 is 2.73 bits per heavy atom. The fraction of sp³-hybridized carbons (Fsp3) is 0.118. The van der Waals surface area contributed by atoms with E-state index in [0.717, 1.165) is 32.6 Å². The molecule has 0 saturated heterocycles. The first-order valence-corrected chi connectivity index (χ1v) is 7.66. The Hall–Kier alpha value is -2.27. The van der Waals surface area contributed by atoms with E-state index in [2.05, 4.69) is 39.0 Å². The van der Waals surface area contributed by atoms with Gasteiger partial charge >= 0.3 is 0 Å². The molecule has 0 unspecified atom stereocenters. The zero-order valence-electron chi connectivity index (χ0n) is 12.3. The first kappa shape index (κ1) is 14.7. The summed E-state index contributed by atoms with van der Waals surface area (Å²) in [6.45, 7) is 2.05. The molecule has 22 heavy (non-hydrogen) atoms. The van der Waals surface area contributed by atoms with E-state index in [0.29, 0.717) is 5.84 Å². The normalized spacial score (nSPS) is 16.3. The quantitative estimate of drug-likeness (QED) is 0.889. The predicted octanol–water partition coefficient (Wildman–Crippen LogP) is 3.86. The molecule has 2 heterocycles. The fourth-order valence-corrected chi connectivity index (χ4v) is 2.80. The van der Waals surface area contributed by atoms with Gasteiger partial charge in [0.1, 0.15) is 5.71 Å². The number of amidine groups is 1. The van der Waals surface area contributed by atoms with Gasteiger partial charge in [0.2, 0.25) is 0 Å². The Morgan fingerprint density at radius 1 is 1.23 bits per heavy atom. The van der Waals surface area contributed by atoms with Crippen molar-refractivity contribution >= 4 is 33.6 Å². The number of benzene rings is 1. The van der Waals surface area contributed by atoms with Crippen LogP contribution in [0, 0.1) is 12.3 Å². The molecule has 3 rings (SSSR count). The highest BCUT2D eigenvalue weighted by atomic mass is 79.9. The summed E-state index contributed by atoms with van der Waals surface area (Å²) in [6.07, 6.45) is 3.74. The zero-order chi connectivity index (χ0) is 15.7. The number of nitrogens with one attached hydrogen (secondary N) is 1. The summed E-state index contributed by atoms with van der Waals surface area (Å²) >= 11 is 3.47. The molecule has 0 saturated carbocycles. The van der Waals surface area contributed by atoms with Gasteiger partial charge in [0, 0.05) is 23.3 Å². The van der Waals surface area contributed by atoms with Crippen molar-refractivity contribution in [1.29, 1.82) is 5.41 Å². The molecule has 1 aliphatic heterocycles. The zero-order valence-corrected chi connectivity index (χ0v) is 13.9. The van der Waals surface area contributed by atoms with E-state index in [4.69, 9.17) is 5.41 Å². The minimum atomic E-state index is 0.378. The lowest BCUT2D eigenvalue weighted by Crippen LogP contribution is -2.16. The van der Waals surface area contributed by atoms with Gasteiger partial charge in [-0.2, -0.15) is 5.10 Å². The summed E-state index contributed by atoms with van der Waals surface area (Å²) in [4.78, 5) is 4.36. The van der Waals surface area contributed by atoms with Gasteiger partial charge in [0.05, 0.1) is 5.69 Å². The number of pyridine rings is 1. The molecule has 0 amide bonds. The van der Waals surface area contributed by atoms with Crippen molar-refractivity contribution in [3.8, 4) is 0 Å². The number of hydrogen-bond acceptors (Lipinski definition) is 3. The molecule has 1 aromatic heterocycles. The highest BCUT2D eigenvalue weighted by Gasteiger charge is 2.26. The first-order valence-electron chi connectivity index (χ1n) is 6.87. The van der Waals surface area contributed by atoms with Crippen LogP contribution in [0.1, 0.15) is 16.8 Å². The third-order valence-electron chi connectivity index (χ3n) is 3.52. The van der Waals surface area contributed by atoms with Gasteiger partial charge in [-0.3, -0.25) is 15.4 Å². The van der Waals surface area contributed by atoms with Crippen molar-refractivity contribution in [3.63, 3.8) is 0 Å². The van der Waals surface area contributed by atoms with Gasteiger partial charge in [-0.25, -0.2) is 0 Å². The Balaban J connectivity index is 2.09. The van der Waals surface area contributed by atoms with Crippen LogP contribution in [0.3, 0.4) is 0 Å². The van der Waals surface area contributed by atoms with Gasteiger partial charge < -0.3 is 0 Å².